The van der Waals surface area contributed by atoms with Crippen LogP contribution in [0, 0.1) is 11.8 Å². The van der Waals surface area contributed by atoms with E-state index in [1.54, 1.807) is 6.34 Å². The van der Waals surface area contributed by atoms with Crippen LogP contribution >= 0.6 is 0 Å². The lowest BCUT2D eigenvalue weighted by Crippen LogP contribution is -2.45. The molecule has 1 aromatic carbocycles. The predicted octanol–water partition coefficient (Wildman–Crippen LogP) is 5.02. The quantitative estimate of drug-likeness (QED) is 0.309. The van der Waals surface area contributed by atoms with Crippen LogP contribution in [0.3, 0.4) is 0 Å². The van der Waals surface area contributed by atoms with Crippen LogP contribution in [-0.2, 0) is 12.6 Å². The number of amidine groups is 1. The van der Waals surface area contributed by atoms with Gasteiger partial charge in [0.2, 0.25) is 0 Å². The summed E-state index contributed by atoms with van der Waals surface area (Å²) < 4.78 is 39.0. The van der Waals surface area contributed by atoms with E-state index in [-0.39, 0.29) is 12.1 Å². The second-order valence-corrected chi connectivity index (χ2v) is 12.2. The van der Waals surface area contributed by atoms with Crippen LogP contribution in [-0.4, -0.2) is 86.6 Å². The number of fused-ring (bicyclic) bond motifs is 2. The maximum atomic E-state index is 13.0. The number of aromatic amines is 1. The lowest BCUT2D eigenvalue weighted by molar-refractivity contribution is -0.137. The average molecular weight is 572 g/mol. The number of rotatable bonds is 10. The average Bonchev–Trinajstić information content (AvgIpc) is 3.33. The fourth-order valence-corrected chi connectivity index (χ4v) is 6.73. The van der Waals surface area contributed by atoms with Gasteiger partial charge in [0.05, 0.1) is 22.5 Å². The molecule has 2 aromatic rings. The van der Waals surface area contributed by atoms with Crippen molar-refractivity contribution in [2.24, 2.45) is 21.8 Å². The van der Waals surface area contributed by atoms with Crippen LogP contribution in [0.15, 0.2) is 40.5 Å². The van der Waals surface area contributed by atoms with Crippen molar-refractivity contribution in [2.45, 2.75) is 88.9 Å². The molecule has 2 N–H and O–H groups in total. The number of imidazole rings is 1. The first kappa shape index (κ1) is 28.2. The summed E-state index contributed by atoms with van der Waals surface area (Å²) in [6, 6.07) is 4.67. The van der Waals surface area contributed by atoms with Crippen molar-refractivity contribution in [1.29, 1.82) is 0 Å². The zero-order valence-corrected chi connectivity index (χ0v) is 23.8. The smallest absolute Gasteiger partial charge is 0.379 e. The van der Waals surface area contributed by atoms with E-state index in [0.29, 0.717) is 41.3 Å². The van der Waals surface area contributed by atoms with Crippen molar-refractivity contribution in [3.8, 4) is 0 Å². The Morgan fingerprint density at radius 3 is 2.76 bits per heavy atom. The molecule has 2 saturated carbocycles. The highest BCUT2D eigenvalue weighted by molar-refractivity contribution is 5.94. The SMILES string of the molecule is CC(O)N(CCCCc1nc2ccc(C(F)(F)F)cc2[nH]1)C[C@@H]1CC[C@H](N2C=C[C@H]3C(N(C)C4CC4)=NC=NC32)C1. The van der Waals surface area contributed by atoms with Crippen LogP contribution in [0.25, 0.3) is 11.0 Å². The largest absolute Gasteiger partial charge is 0.416 e. The number of aliphatic imine (C=N–C) groups is 2. The molecule has 0 amide bonds. The molecule has 0 radical (unpaired) electrons. The first-order chi connectivity index (χ1) is 19.7. The molecule has 4 aliphatic rings. The first-order valence-corrected chi connectivity index (χ1v) is 14.9. The molecule has 2 unspecified atom stereocenters. The number of aliphatic hydroxyl groups excluding tert-OH is 1. The molecular weight excluding hydrogens is 531 g/mol. The number of halogens is 3. The molecule has 5 atom stereocenters. The van der Waals surface area contributed by atoms with Crippen molar-refractivity contribution in [2.75, 3.05) is 20.1 Å². The molecule has 0 bridgehead atoms. The van der Waals surface area contributed by atoms with E-state index in [1.165, 1.54) is 18.9 Å². The maximum Gasteiger partial charge on any atom is 0.416 e. The Hall–Kier alpha value is -2.92. The molecule has 2 aliphatic carbocycles. The van der Waals surface area contributed by atoms with E-state index in [4.69, 9.17) is 4.99 Å². The van der Waals surface area contributed by atoms with Crippen molar-refractivity contribution < 1.29 is 18.3 Å². The van der Waals surface area contributed by atoms with Crippen LogP contribution in [0.1, 0.15) is 63.3 Å². The van der Waals surface area contributed by atoms with Gasteiger partial charge in [0.1, 0.15) is 30.4 Å². The summed E-state index contributed by atoms with van der Waals surface area (Å²) in [5.74, 6) is 2.56. The van der Waals surface area contributed by atoms with E-state index in [9.17, 15) is 18.3 Å². The number of aryl methyl sites for hydroxylation is 1. The summed E-state index contributed by atoms with van der Waals surface area (Å²) in [4.78, 5) is 23.8. The second-order valence-electron chi connectivity index (χ2n) is 12.2. The Morgan fingerprint density at radius 2 is 2.00 bits per heavy atom. The van der Waals surface area contributed by atoms with Gasteiger partial charge in [0.25, 0.3) is 0 Å². The van der Waals surface area contributed by atoms with Gasteiger partial charge in [-0.15, -0.1) is 0 Å². The van der Waals surface area contributed by atoms with Crippen LogP contribution in [0.5, 0.6) is 0 Å². The molecule has 2 aliphatic heterocycles. The number of benzene rings is 1. The minimum Gasteiger partial charge on any atom is -0.379 e. The zero-order chi connectivity index (χ0) is 28.7. The molecule has 0 spiro atoms. The van der Waals surface area contributed by atoms with Gasteiger partial charge in [-0.3, -0.25) is 4.90 Å². The fourth-order valence-electron chi connectivity index (χ4n) is 6.73. The second kappa shape index (κ2) is 11.4. The Kier molecular flexibility index (Phi) is 7.84. The number of unbranched alkanes of at least 4 members (excludes halogenated alkanes) is 1. The number of H-pyrrole nitrogens is 1. The van der Waals surface area contributed by atoms with E-state index >= 15 is 0 Å². The number of hydrogen-bond acceptors (Lipinski definition) is 7. The molecule has 11 heteroatoms. The molecule has 3 heterocycles. The van der Waals surface area contributed by atoms with Gasteiger partial charge in [-0.2, -0.15) is 13.2 Å². The summed E-state index contributed by atoms with van der Waals surface area (Å²) in [6.45, 7) is 3.44. The number of hydrogen-bond donors (Lipinski definition) is 2. The normalized spacial score (nSPS) is 26.7. The number of aromatic nitrogens is 2. The minimum absolute atomic E-state index is 0.0959. The third-order valence-corrected chi connectivity index (χ3v) is 9.18. The van der Waals surface area contributed by atoms with Crippen molar-refractivity contribution in [3.05, 3.63) is 41.9 Å². The minimum atomic E-state index is -4.37. The molecule has 41 heavy (non-hydrogen) atoms. The molecule has 6 rings (SSSR count). The van der Waals surface area contributed by atoms with Crippen LogP contribution in [0.2, 0.25) is 0 Å². The Bertz CT molecular complexity index is 1310. The van der Waals surface area contributed by atoms with Gasteiger partial charge in [0, 0.05) is 38.6 Å². The molecular formula is C30H40F3N7O. The Balaban J connectivity index is 0.975. The molecule has 2 fully saturated rings. The topological polar surface area (TPSA) is 83.4 Å². The van der Waals surface area contributed by atoms with Crippen LogP contribution in [0.4, 0.5) is 13.2 Å². The van der Waals surface area contributed by atoms with Gasteiger partial charge in [0.15, 0.2) is 0 Å². The summed E-state index contributed by atoms with van der Waals surface area (Å²) >= 11 is 0. The number of aliphatic hydroxyl groups is 1. The van der Waals surface area contributed by atoms with E-state index in [2.05, 4.69) is 49.0 Å². The Morgan fingerprint density at radius 1 is 1.17 bits per heavy atom. The fraction of sp³-hybridized carbons (Fsp3) is 0.633. The highest BCUT2D eigenvalue weighted by Gasteiger charge is 2.43. The zero-order valence-electron chi connectivity index (χ0n) is 23.8. The summed E-state index contributed by atoms with van der Waals surface area (Å²) in [5.41, 5.74) is 0.285. The third-order valence-electron chi connectivity index (χ3n) is 9.18. The summed E-state index contributed by atoms with van der Waals surface area (Å²) in [7, 11) is 2.16. The van der Waals surface area contributed by atoms with Gasteiger partial charge in [-0.05, 0) is 82.2 Å². The standard InChI is InChI=1S/C30H40F3N7O/c1-19(41)39(13-4-3-5-27-36-25-11-7-21(30(31,32)33)16-26(25)37-27)17-20-6-8-23(15-20)40-14-12-24-28(34-18-35-29(24)40)38(2)22-9-10-22/h7,11-12,14,16,18-20,22-24,29,41H,3-6,8-10,13,15,17H2,1-2H3,(H,36,37)/t19?,20-,23+,24+,29?/m1/s1. The molecule has 8 nitrogen and oxygen atoms in total. The van der Waals surface area contributed by atoms with Gasteiger partial charge < -0.3 is 19.9 Å². The van der Waals surface area contributed by atoms with Gasteiger partial charge >= 0.3 is 6.18 Å². The first-order valence-electron chi connectivity index (χ1n) is 14.9. The number of alkyl halides is 3. The lowest BCUT2D eigenvalue weighted by Gasteiger charge is -2.36. The maximum absolute atomic E-state index is 13.0. The van der Waals surface area contributed by atoms with Crippen molar-refractivity contribution in [3.63, 3.8) is 0 Å². The van der Waals surface area contributed by atoms with E-state index < -0.39 is 18.0 Å². The molecule has 0 saturated heterocycles. The van der Waals surface area contributed by atoms with E-state index in [0.717, 1.165) is 63.2 Å². The number of nitrogens with one attached hydrogen (secondary N) is 1. The molecule has 222 valence electrons. The third kappa shape index (κ3) is 6.16. The van der Waals surface area contributed by atoms with Crippen molar-refractivity contribution >= 4 is 23.2 Å². The van der Waals surface area contributed by atoms with Gasteiger partial charge in [-0.1, -0.05) is 6.08 Å². The highest BCUT2D eigenvalue weighted by Crippen LogP contribution is 2.38. The van der Waals surface area contributed by atoms with Gasteiger partial charge in [-0.25, -0.2) is 15.0 Å². The summed E-state index contributed by atoms with van der Waals surface area (Å²) in [6.07, 6.45) is 9.61. The molecule has 1 aromatic heterocycles. The van der Waals surface area contributed by atoms with E-state index in [1.807, 2.05) is 6.92 Å². The number of nitrogens with zero attached hydrogens (tertiary/aromatic N) is 6. The predicted molar refractivity (Wildman–Crippen MR) is 153 cm³/mol. The Labute approximate surface area is 239 Å². The highest BCUT2D eigenvalue weighted by atomic mass is 19.4. The lowest BCUT2D eigenvalue weighted by atomic mass is 10.0. The van der Waals surface area contributed by atoms with Crippen molar-refractivity contribution in [1.82, 2.24) is 24.7 Å². The monoisotopic (exact) mass is 571 g/mol. The van der Waals surface area contributed by atoms with Crippen LogP contribution < -0.4 is 0 Å². The summed E-state index contributed by atoms with van der Waals surface area (Å²) in [5, 5.41) is 10.5.